The van der Waals surface area contributed by atoms with Gasteiger partial charge in [-0.25, -0.2) is 9.78 Å². The Balaban J connectivity index is 2.84. The van der Waals surface area contributed by atoms with Crippen LogP contribution in [0.15, 0.2) is 6.33 Å². The van der Waals surface area contributed by atoms with Crippen molar-refractivity contribution in [3.63, 3.8) is 0 Å². The zero-order chi connectivity index (χ0) is 11.4. The lowest BCUT2D eigenvalue weighted by Crippen LogP contribution is -2.11. The molecular weight excluding hydrogens is 194 g/mol. The molecule has 15 heavy (non-hydrogen) atoms. The average molecular weight is 211 g/mol. The van der Waals surface area contributed by atoms with Crippen molar-refractivity contribution in [2.75, 3.05) is 12.8 Å². The van der Waals surface area contributed by atoms with Gasteiger partial charge in [0, 0.05) is 6.54 Å². The largest absolute Gasteiger partial charge is 0.464 e. The van der Waals surface area contributed by atoms with E-state index in [4.69, 9.17) is 5.73 Å². The number of imidazole rings is 1. The van der Waals surface area contributed by atoms with Crippen molar-refractivity contribution < 1.29 is 9.53 Å². The Morgan fingerprint density at radius 2 is 2.40 bits per heavy atom. The number of anilines is 1. The molecule has 1 heterocycles. The van der Waals surface area contributed by atoms with Crippen LogP contribution in [0, 0.1) is 5.92 Å². The van der Waals surface area contributed by atoms with Gasteiger partial charge in [0.2, 0.25) is 0 Å². The third kappa shape index (κ3) is 2.49. The van der Waals surface area contributed by atoms with Gasteiger partial charge in [0.25, 0.3) is 0 Å². The van der Waals surface area contributed by atoms with E-state index in [1.165, 1.54) is 7.11 Å². The normalized spacial score (nSPS) is 12.5. The number of rotatable bonds is 4. The molecule has 5 heteroatoms. The second-order valence-electron chi connectivity index (χ2n) is 3.64. The Morgan fingerprint density at radius 3 is 2.93 bits per heavy atom. The van der Waals surface area contributed by atoms with E-state index >= 15 is 0 Å². The van der Waals surface area contributed by atoms with Gasteiger partial charge in [-0.1, -0.05) is 20.3 Å². The van der Waals surface area contributed by atoms with Gasteiger partial charge in [-0.05, 0) is 5.92 Å². The third-order valence-corrected chi connectivity index (χ3v) is 2.46. The number of aromatic nitrogens is 2. The molecule has 0 spiro atoms. The van der Waals surface area contributed by atoms with E-state index in [0.717, 1.165) is 13.0 Å². The van der Waals surface area contributed by atoms with Crippen molar-refractivity contribution in [1.29, 1.82) is 0 Å². The van der Waals surface area contributed by atoms with Crippen LogP contribution >= 0.6 is 0 Å². The van der Waals surface area contributed by atoms with Gasteiger partial charge in [0.15, 0.2) is 5.69 Å². The lowest BCUT2D eigenvalue weighted by molar-refractivity contribution is 0.0596. The fraction of sp³-hybridized carbons (Fsp3) is 0.600. The summed E-state index contributed by atoms with van der Waals surface area (Å²) in [6.07, 6.45) is 2.64. The molecule has 84 valence electrons. The zero-order valence-corrected chi connectivity index (χ0v) is 9.36. The van der Waals surface area contributed by atoms with E-state index in [-0.39, 0.29) is 5.69 Å². The number of nitrogen functional groups attached to an aromatic ring is 1. The standard InChI is InChI=1S/C10H17N3O2/c1-4-7(2)5-13-6-12-8(9(13)11)10(14)15-3/h6-7H,4-5,11H2,1-3H3. The second-order valence-corrected chi connectivity index (χ2v) is 3.64. The van der Waals surface area contributed by atoms with Crippen molar-refractivity contribution in [1.82, 2.24) is 9.55 Å². The van der Waals surface area contributed by atoms with Crippen molar-refractivity contribution in [3.05, 3.63) is 12.0 Å². The van der Waals surface area contributed by atoms with Crippen LogP contribution in [-0.2, 0) is 11.3 Å². The van der Waals surface area contributed by atoms with Crippen LogP contribution in [0.25, 0.3) is 0 Å². The topological polar surface area (TPSA) is 70.1 Å². The van der Waals surface area contributed by atoms with Crippen LogP contribution in [0.1, 0.15) is 30.8 Å². The fourth-order valence-corrected chi connectivity index (χ4v) is 1.26. The van der Waals surface area contributed by atoms with E-state index in [2.05, 4.69) is 23.6 Å². The van der Waals surface area contributed by atoms with Crippen molar-refractivity contribution >= 4 is 11.8 Å². The number of methoxy groups -OCH3 is 1. The Bertz CT molecular complexity index is 346. The monoisotopic (exact) mass is 211 g/mol. The fourth-order valence-electron chi connectivity index (χ4n) is 1.26. The maximum Gasteiger partial charge on any atom is 0.360 e. The highest BCUT2D eigenvalue weighted by atomic mass is 16.5. The lowest BCUT2D eigenvalue weighted by Gasteiger charge is -2.10. The summed E-state index contributed by atoms with van der Waals surface area (Å²) in [5.41, 5.74) is 5.98. The minimum absolute atomic E-state index is 0.195. The van der Waals surface area contributed by atoms with Crippen molar-refractivity contribution in [2.45, 2.75) is 26.8 Å². The van der Waals surface area contributed by atoms with Gasteiger partial charge in [0.05, 0.1) is 13.4 Å². The number of esters is 1. The summed E-state index contributed by atoms with van der Waals surface area (Å²) in [5.74, 6) is 0.393. The summed E-state index contributed by atoms with van der Waals surface area (Å²) in [7, 11) is 1.31. The zero-order valence-electron chi connectivity index (χ0n) is 9.36. The smallest absolute Gasteiger partial charge is 0.360 e. The van der Waals surface area contributed by atoms with Crippen molar-refractivity contribution in [2.24, 2.45) is 5.92 Å². The first-order valence-corrected chi connectivity index (χ1v) is 4.99. The molecule has 0 aliphatic heterocycles. The molecule has 1 aromatic rings. The minimum Gasteiger partial charge on any atom is -0.464 e. The van der Waals surface area contributed by atoms with Crippen LogP contribution in [0.4, 0.5) is 5.82 Å². The quantitative estimate of drug-likeness (QED) is 0.762. The Morgan fingerprint density at radius 1 is 1.73 bits per heavy atom. The van der Waals surface area contributed by atoms with E-state index in [1.807, 2.05) is 0 Å². The number of carbonyl (C=O) groups excluding carboxylic acids is 1. The molecule has 5 nitrogen and oxygen atoms in total. The molecule has 1 rings (SSSR count). The maximum absolute atomic E-state index is 11.2. The molecule has 1 atom stereocenters. The van der Waals surface area contributed by atoms with Gasteiger partial charge in [0.1, 0.15) is 5.82 Å². The van der Waals surface area contributed by atoms with Crippen LogP contribution in [0.5, 0.6) is 0 Å². The van der Waals surface area contributed by atoms with Gasteiger partial charge in [-0.2, -0.15) is 0 Å². The third-order valence-electron chi connectivity index (χ3n) is 2.46. The SMILES string of the molecule is CCC(C)Cn1cnc(C(=O)OC)c1N. The predicted molar refractivity (Wildman–Crippen MR) is 57.4 cm³/mol. The predicted octanol–water partition coefficient (Wildman–Crippen LogP) is 1.30. The Labute approximate surface area is 89.2 Å². The van der Waals surface area contributed by atoms with Gasteiger partial charge in [-0.15, -0.1) is 0 Å². The number of nitrogens with two attached hydrogens (primary N) is 1. The Kier molecular flexibility index (Phi) is 3.71. The molecule has 0 aromatic carbocycles. The molecule has 1 aromatic heterocycles. The summed E-state index contributed by atoms with van der Waals surface area (Å²) < 4.78 is 6.35. The van der Waals surface area contributed by atoms with Gasteiger partial charge >= 0.3 is 5.97 Å². The summed E-state index contributed by atoms with van der Waals surface area (Å²) in [5, 5.41) is 0. The molecule has 1 unspecified atom stereocenters. The number of carbonyl (C=O) groups is 1. The molecule has 0 aliphatic carbocycles. The number of nitrogens with zero attached hydrogens (tertiary/aromatic N) is 2. The van der Waals surface area contributed by atoms with Gasteiger partial charge < -0.3 is 15.0 Å². The summed E-state index contributed by atoms with van der Waals surface area (Å²) >= 11 is 0. The van der Waals surface area contributed by atoms with E-state index in [9.17, 15) is 4.79 Å². The maximum atomic E-state index is 11.2. The molecule has 0 fully saturated rings. The molecule has 0 radical (unpaired) electrons. The van der Waals surface area contributed by atoms with E-state index in [1.54, 1.807) is 10.9 Å². The van der Waals surface area contributed by atoms with E-state index < -0.39 is 5.97 Å². The molecular formula is C10H17N3O2. The molecule has 0 aliphatic rings. The first kappa shape index (κ1) is 11.6. The average Bonchev–Trinajstić information content (AvgIpc) is 2.59. The summed E-state index contributed by atoms with van der Waals surface area (Å²) in [6.45, 7) is 5.00. The van der Waals surface area contributed by atoms with Crippen LogP contribution in [0.2, 0.25) is 0 Å². The first-order valence-electron chi connectivity index (χ1n) is 4.99. The highest BCUT2D eigenvalue weighted by molar-refractivity contribution is 5.91. The first-order chi connectivity index (χ1) is 7.10. The summed E-state index contributed by atoms with van der Waals surface area (Å²) in [6, 6.07) is 0. The van der Waals surface area contributed by atoms with Crippen LogP contribution < -0.4 is 5.73 Å². The molecule has 0 amide bonds. The summed E-state index contributed by atoms with van der Waals surface area (Å²) in [4.78, 5) is 15.2. The molecule has 2 N–H and O–H groups in total. The molecule has 0 bridgehead atoms. The molecule has 0 saturated carbocycles. The van der Waals surface area contributed by atoms with Crippen LogP contribution in [0.3, 0.4) is 0 Å². The van der Waals surface area contributed by atoms with Crippen molar-refractivity contribution in [3.8, 4) is 0 Å². The lowest BCUT2D eigenvalue weighted by atomic mass is 10.1. The van der Waals surface area contributed by atoms with E-state index in [0.29, 0.717) is 11.7 Å². The molecule has 0 saturated heterocycles. The Hall–Kier alpha value is -1.52. The highest BCUT2D eigenvalue weighted by Gasteiger charge is 2.16. The highest BCUT2D eigenvalue weighted by Crippen LogP contribution is 2.14. The number of hydrogen-bond donors (Lipinski definition) is 1. The van der Waals surface area contributed by atoms with Gasteiger partial charge in [-0.3, -0.25) is 0 Å². The number of ether oxygens (including phenoxy) is 1. The van der Waals surface area contributed by atoms with Crippen LogP contribution in [-0.4, -0.2) is 22.6 Å². The number of hydrogen-bond acceptors (Lipinski definition) is 4. The minimum atomic E-state index is -0.490. The second kappa shape index (κ2) is 4.82.